The Hall–Kier alpha value is -1.13. The molecule has 0 aliphatic carbocycles. The summed E-state index contributed by atoms with van der Waals surface area (Å²) in [6.45, 7) is 5.96. The molecule has 2 rings (SSSR count). The molecule has 90 valence electrons. The van der Waals surface area contributed by atoms with Crippen LogP contribution in [0.4, 0.5) is 0 Å². The predicted octanol–water partition coefficient (Wildman–Crippen LogP) is 3.26. The zero-order chi connectivity index (χ0) is 12.3. The first-order chi connectivity index (χ1) is 8.20. The average molecular weight is 294 g/mol. The first-order valence-corrected chi connectivity index (χ1v) is 6.51. The molecule has 1 aromatic carbocycles. The van der Waals surface area contributed by atoms with E-state index in [0.29, 0.717) is 0 Å². The van der Waals surface area contributed by atoms with Crippen LogP contribution < -0.4 is 5.32 Å². The van der Waals surface area contributed by atoms with Crippen molar-refractivity contribution in [2.75, 3.05) is 6.54 Å². The van der Waals surface area contributed by atoms with Crippen molar-refractivity contribution in [1.82, 2.24) is 15.3 Å². The van der Waals surface area contributed by atoms with E-state index >= 15 is 0 Å². The number of hydrogen-bond acceptors (Lipinski definition) is 2. The van der Waals surface area contributed by atoms with Crippen molar-refractivity contribution in [2.24, 2.45) is 0 Å². The molecule has 0 bridgehead atoms. The van der Waals surface area contributed by atoms with E-state index in [-0.39, 0.29) is 0 Å². The van der Waals surface area contributed by atoms with Crippen molar-refractivity contribution < 1.29 is 0 Å². The van der Waals surface area contributed by atoms with Gasteiger partial charge in [0, 0.05) is 28.5 Å². The minimum atomic E-state index is 0.826. The number of nitrogens with zero attached hydrogens (tertiary/aromatic N) is 1. The van der Waals surface area contributed by atoms with Gasteiger partial charge >= 0.3 is 0 Å². The van der Waals surface area contributed by atoms with Gasteiger partial charge in [-0.05, 0) is 31.2 Å². The van der Waals surface area contributed by atoms with E-state index in [2.05, 4.69) is 63.3 Å². The lowest BCUT2D eigenvalue weighted by atomic mass is 10.1. The van der Waals surface area contributed by atoms with E-state index in [1.54, 1.807) is 0 Å². The number of nitrogens with one attached hydrogen (secondary N) is 2. The third-order valence-corrected chi connectivity index (χ3v) is 3.23. The molecular formula is C13H16BrN3. The molecule has 1 aromatic heterocycles. The van der Waals surface area contributed by atoms with Crippen molar-refractivity contribution >= 4 is 15.9 Å². The van der Waals surface area contributed by atoms with Gasteiger partial charge in [0.2, 0.25) is 0 Å². The van der Waals surface area contributed by atoms with Crippen LogP contribution in [0.25, 0.3) is 11.4 Å². The minimum Gasteiger partial charge on any atom is -0.341 e. The molecule has 3 nitrogen and oxygen atoms in total. The van der Waals surface area contributed by atoms with E-state index in [1.807, 2.05) is 6.20 Å². The molecule has 0 saturated carbocycles. The Bertz CT molecular complexity index is 505. The molecular weight excluding hydrogens is 278 g/mol. The van der Waals surface area contributed by atoms with Crippen molar-refractivity contribution in [3.8, 4) is 11.4 Å². The summed E-state index contributed by atoms with van der Waals surface area (Å²) in [6.07, 6.45) is 1.88. The fourth-order valence-electron chi connectivity index (χ4n) is 1.66. The van der Waals surface area contributed by atoms with Gasteiger partial charge in [-0.25, -0.2) is 4.98 Å². The number of aryl methyl sites for hydroxylation is 1. The highest BCUT2D eigenvalue weighted by molar-refractivity contribution is 9.10. The Kier molecular flexibility index (Phi) is 3.97. The van der Waals surface area contributed by atoms with Crippen LogP contribution in [0.15, 0.2) is 28.9 Å². The first kappa shape index (κ1) is 12.3. The fraction of sp³-hybridized carbons (Fsp3) is 0.308. The van der Waals surface area contributed by atoms with Crippen LogP contribution in [0.1, 0.15) is 18.2 Å². The zero-order valence-electron chi connectivity index (χ0n) is 10.0. The number of halogens is 1. The molecule has 2 N–H and O–H groups in total. The quantitative estimate of drug-likeness (QED) is 0.908. The molecule has 4 heteroatoms. The molecule has 0 aliphatic heterocycles. The van der Waals surface area contributed by atoms with Gasteiger partial charge in [0.05, 0.1) is 0 Å². The predicted molar refractivity (Wildman–Crippen MR) is 73.8 cm³/mol. The van der Waals surface area contributed by atoms with Gasteiger partial charge < -0.3 is 10.3 Å². The van der Waals surface area contributed by atoms with E-state index in [0.717, 1.165) is 34.6 Å². The lowest BCUT2D eigenvalue weighted by Crippen LogP contribution is -2.11. The molecule has 2 aromatic rings. The molecule has 0 radical (unpaired) electrons. The third-order valence-electron chi connectivity index (χ3n) is 2.57. The van der Waals surface area contributed by atoms with E-state index < -0.39 is 0 Å². The second-order valence-electron chi connectivity index (χ2n) is 4.02. The van der Waals surface area contributed by atoms with Gasteiger partial charge in [0.15, 0.2) is 0 Å². The van der Waals surface area contributed by atoms with Gasteiger partial charge in [0.1, 0.15) is 5.82 Å². The van der Waals surface area contributed by atoms with Crippen molar-refractivity contribution in [1.29, 1.82) is 0 Å². The number of hydrogen-bond donors (Lipinski definition) is 2. The van der Waals surface area contributed by atoms with Crippen LogP contribution in [0.3, 0.4) is 0 Å². The monoisotopic (exact) mass is 293 g/mol. The van der Waals surface area contributed by atoms with Gasteiger partial charge in [-0.15, -0.1) is 0 Å². The topological polar surface area (TPSA) is 40.7 Å². The highest BCUT2D eigenvalue weighted by Gasteiger charge is 2.07. The molecule has 0 amide bonds. The molecule has 1 heterocycles. The summed E-state index contributed by atoms with van der Waals surface area (Å²) in [4.78, 5) is 7.73. The maximum atomic E-state index is 4.40. The first-order valence-electron chi connectivity index (χ1n) is 5.72. The Morgan fingerprint density at radius 1 is 1.41 bits per heavy atom. The number of H-pyrrole nitrogens is 1. The van der Waals surface area contributed by atoms with Crippen LogP contribution in [-0.2, 0) is 6.54 Å². The van der Waals surface area contributed by atoms with Gasteiger partial charge in [0.25, 0.3) is 0 Å². The number of aromatic nitrogens is 2. The lowest BCUT2D eigenvalue weighted by molar-refractivity contribution is 0.714. The molecule has 0 saturated heterocycles. The molecule has 0 fully saturated rings. The number of imidazole rings is 1. The van der Waals surface area contributed by atoms with Crippen LogP contribution in [0.5, 0.6) is 0 Å². The second kappa shape index (κ2) is 5.47. The summed E-state index contributed by atoms with van der Waals surface area (Å²) in [6, 6.07) is 6.27. The average Bonchev–Trinajstić information content (AvgIpc) is 2.75. The van der Waals surface area contributed by atoms with Crippen molar-refractivity contribution in [3.63, 3.8) is 0 Å². The van der Waals surface area contributed by atoms with Crippen LogP contribution in [-0.4, -0.2) is 16.5 Å². The second-order valence-corrected chi connectivity index (χ2v) is 4.88. The van der Waals surface area contributed by atoms with Crippen molar-refractivity contribution in [2.45, 2.75) is 20.4 Å². The summed E-state index contributed by atoms with van der Waals surface area (Å²) < 4.78 is 1.07. The normalized spacial score (nSPS) is 10.8. The Morgan fingerprint density at radius 3 is 2.94 bits per heavy atom. The van der Waals surface area contributed by atoms with Crippen LogP contribution in [0, 0.1) is 6.92 Å². The van der Waals surface area contributed by atoms with E-state index in [1.165, 1.54) is 5.56 Å². The fourth-order valence-corrected chi connectivity index (χ4v) is 2.34. The number of rotatable bonds is 4. The highest BCUT2D eigenvalue weighted by atomic mass is 79.9. The van der Waals surface area contributed by atoms with Gasteiger partial charge in [-0.1, -0.05) is 28.9 Å². The maximum Gasteiger partial charge on any atom is 0.138 e. The zero-order valence-corrected chi connectivity index (χ0v) is 11.6. The molecule has 0 unspecified atom stereocenters. The van der Waals surface area contributed by atoms with E-state index in [9.17, 15) is 0 Å². The molecule has 0 aliphatic rings. The summed E-state index contributed by atoms with van der Waals surface area (Å²) in [7, 11) is 0. The van der Waals surface area contributed by atoms with Gasteiger partial charge in [-0.2, -0.15) is 0 Å². The summed E-state index contributed by atoms with van der Waals surface area (Å²) in [5, 5.41) is 3.27. The standard InChI is InChI=1S/C13H16BrN3/c1-3-15-7-10-8-16-13(17-10)11-5-4-9(2)6-12(11)14/h4-6,8,15H,3,7H2,1-2H3,(H,16,17). The van der Waals surface area contributed by atoms with Crippen LogP contribution >= 0.6 is 15.9 Å². The highest BCUT2D eigenvalue weighted by Crippen LogP contribution is 2.26. The van der Waals surface area contributed by atoms with Gasteiger partial charge in [-0.3, -0.25) is 0 Å². The van der Waals surface area contributed by atoms with Crippen LogP contribution in [0.2, 0.25) is 0 Å². The molecule has 17 heavy (non-hydrogen) atoms. The number of benzene rings is 1. The Morgan fingerprint density at radius 2 is 2.24 bits per heavy atom. The summed E-state index contributed by atoms with van der Waals surface area (Å²) >= 11 is 3.57. The maximum absolute atomic E-state index is 4.40. The largest absolute Gasteiger partial charge is 0.341 e. The summed E-state index contributed by atoms with van der Waals surface area (Å²) in [5.74, 6) is 0.907. The SMILES string of the molecule is CCNCc1cnc(-c2ccc(C)cc2Br)[nH]1. The smallest absolute Gasteiger partial charge is 0.138 e. The lowest BCUT2D eigenvalue weighted by Gasteiger charge is -2.02. The minimum absolute atomic E-state index is 0.826. The number of aromatic amines is 1. The van der Waals surface area contributed by atoms with E-state index in [4.69, 9.17) is 0 Å². The Labute approximate surface area is 110 Å². The molecule has 0 spiro atoms. The Balaban J connectivity index is 2.24. The van der Waals surface area contributed by atoms with Crippen molar-refractivity contribution in [3.05, 3.63) is 40.1 Å². The molecule has 0 atom stereocenters. The third kappa shape index (κ3) is 2.96. The summed E-state index contributed by atoms with van der Waals surface area (Å²) in [5.41, 5.74) is 3.44.